The minimum Gasteiger partial charge on any atom is -0.508 e. The maximum atomic E-state index is 11.2. The van der Waals surface area contributed by atoms with Crippen LogP contribution in [-0.2, 0) is 4.79 Å². The molecule has 22 heavy (non-hydrogen) atoms. The molecule has 0 amide bonds. The summed E-state index contributed by atoms with van der Waals surface area (Å²) in [6.07, 6.45) is 2.02. The van der Waals surface area contributed by atoms with Crippen LogP contribution in [-0.4, -0.2) is 46.0 Å². The van der Waals surface area contributed by atoms with E-state index in [1.54, 1.807) is 6.92 Å². The van der Waals surface area contributed by atoms with Crippen molar-refractivity contribution in [3.05, 3.63) is 23.3 Å². The number of nitrogens with zero attached hydrogens (tertiary/aromatic N) is 2. The van der Waals surface area contributed by atoms with Crippen LogP contribution in [0.3, 0.4) is 0 Å². The average Bonchev–Trinajstić information content (AvgIpc) is 2.39. The van der Waals surface area contributed by atoms with Gasteiger partial charge >= 0.3 is 5.97 Å². The topological polar surface area (TPSA) is 155 Å². The van der Waals surface area contributed by atoms with Gasteiger partial charge in [0.05, 0.1) is 0 Å². The molecule has 1 aromatic rings. The zero-order valence-corrected chi connectivity index (χ0v) is 12.2. The number of hydrogen-bond acceptors (Lipinski definition) is 5. The highest BCUT2D eigenvalue weighted by atomic mass is 16.4. The first-order valence-corrected chi connectivity index (χ1v) is 6.65. The average molecular weight is 308 g/mol. The van der Waals surface area contributed by atoms with Gasteiger partial charge in [-0.2, -0.15) is 0 Å². The van der Waals surface area contributed by atoms with Crippen LogP contribution in [0.1, 0.15) is 24.0 Å². The minimum atomic E-state index is -1.07. The Kier molecular flexibility index (Phi) is 6.18. The van der Waals surface area contributed by atoms with Gasteiger partial charge in [0.2, 0.25) is 0 Å². The Morgan fingerprint density at radius 3 is 2.59 bits per heavy atom. The smallest absolute Gasteiger partial charge is 0.328 e. The number of rotatable bonds is 7. The number of aliphatic imine (C=N–C) groups is 2. The van der Waals surface area contributed by atoms with Crippen LogP contribution in [0.25, 0.3) is 0 Å². The zero-order valence-electron chi connectivity index (χ0n) is 12.2. The Bertz CT molecular complexity index is 572. The van der Waals surface area contributed by atoms with Gasteiger partial charge in [-0.25, -0.2) is 4.79 Å². The van der Waals surface area contributed by atoms with Crippen molar-refractivity contribution in [1.82, 2.24) is 0 Å². The molecule has 0 radical (unpaired) electrons. The molecule has 0 heterocycles. The first-order valence-electron chi connectivity index (χ1n) is 6.65. The third-order valence-electron chi connectivity index (χ3n) is 2.95. The predicted molar refractivity (Wildman–Crippen MR) is 83.4 cm³/mol. The summed E-state index contributed by atoms with van der Waals surface area (Å²) in [4.78, 5) is 18.9. The molecule has 1 rings (SSSR count). The summed E-state index contributed by atoms with van der Waals surface area (Å²) in [5.74, 6) is -1.35. The van der Waals surface area contributed by atoms with E-state index in [4.69, 9.17) is 16.6 Å². The number of phenols is 2. The minimum absolute atomic E-state index is 0.0417. The van der Waals surface area contributed by atoms with E-state index in [0.29, 0.717) is 24.1 Å². The van der Waals surface area contributed by atoms with Gasteiger partial charge in [-0.15, -0.1) is 0 Å². The summed E-state index contributed by atoms with van der Waals surface area (Å²) in [6.45, 7) is 2.00. The summed E-state index contributed by atoms with van der Waals surface area (Å²) in [5, 5.41) is 28.2. The van der Waals surface area contributed by atoms with Crippen molar-refractivity contribution in [2.75, 3.05) is 6.54 Å². The third kappa shape index (κ3) is 5.31. The molecule has 8 heteroatoms. The number of carbonyl (C=O) groups is 1. The van der Waals surface area contributed by atoms with Crippen molar-refractivity contribution in [3.8, 4) is 11.5 Å². The molecule has 0 saturated heterocycles. The molecule has 7 N–H and O–H groups in total. The van der Waals surface area contributed by atoms with Crippen molar-refractivity contribution < 1.29 is 20.1 Å². The predicted octanol–water partition coefficient (Wildman–Crippen LogP) is 0.332. The lowest BCUT2D eigenvalue weighted by Crippen LogP contribution is -2.23. The molecule has 0 bridgehead atoms. The normalized spacial score (nSPS) is 12.2. The Hall–Kier alpha value is -2.77. The lowest BCUT2D eigenvalue weighted by molar-refractivity contribution is -0.138. The maximum Gasteiger partial charge on any atom is 0.328 e. The number of aryl methyl sites for hydroxylation is 1. The highest BCUT2D eigenvalue weighted by molar-refractivity contribution is 5.88. The molecule has 0 fully saturated rings. The lowest BCUT2D eigenvalue weighted by Gasteiger charge is -2.08. The van der Waals surface area contributed by atoms with Crippen LogP contribution in [0.15, 0.2) is 22.1 Å². The largest absolute Gasteiger partial charge is 0.508 e. The quantitative estimate of drug-likeness (QED) is 0.278. The molecular weight excluding hydrogens is 288 g/mol. The molecule has 1 unspecified atom stereocenters. The third-order valence-corrected chi connectivity index (χ3v) is 2.95. The van der Waals surface area contributed by atoms with Gasteiger partial charge in [-0.05, 0) is 31.4 Å². The summed E-state index contributed by atoms with van der Waals surface area (Å²) in [7, 11) is 0. The van der Waals surface area contributed by atoms with Gasteiger partial charge in [0.15, 0.2) is 5.96 Å². The van der Waals surface area contributed by atoms with Crippen molar-refractivity contribution >= 4 is 18.1 Å². The molecule has 8 nitrogen and oxygen atoms in total. The molecule has 0 spiro atoms. The van der Waals surface area contributed by atoms with E-state index in [-0.39, 0.29) is 23.9 Å². The maximum absolute atomic E-state index is 11.2. The number of guanidine groups is 1. The second kappa shape index (κ2) is 7.87. The zero-order chi connectivity index (χ0) is 16.7. The molecule has 0 aliphatic rings. The Morgan fingerprint density at radius 1 is 1.36 bits per heavy atom. The van der Waals surface area contributed by atoms with E-state index >= 15 is 0 Å². The fourth-order valence-corrected chi connectivity index (χ4v) is 1.85. The van der Waals surface area contributed by atoms with Crippen molar-refractivity contribution in [1.29, 1.82) is 0 Å². The van der Waals surface area contributed by atoms with E-state index in [9.17, 15) is 15.0 Å². The number of nitrogens with two attached hydrogens (primary N) is 2. The summed E-state index contributed by atoms with van der Waals surface area (Å²) in [6, 6.07) is 1.67. The number of benzene rings is 1. The number of hydrogen-bond donors (Lipinski definition) is 5. The molecule has 0 aliphatic carbocycles. The number of phenolic OH excluding ortho intramolecular Hbond substituents is 2. The van der Waals surface area contributed by atoms with Gasteiger partial charge < -0.3 is 26.8 Å². The number of aromatic hydroxyl groups is 2. The van der Waals surface area contributed by atoms with Crippen LogP contribution in [0.2, 0.25) is 0 Å². The Morgan fingerprint density at radius 2 is 2.05 bits per heavy atom. The van der Waals surface area contributed by atoms with E-state index < -0.39 is 12.0 Å². The summed E-state index contributed by atoms with van der Waals surface area (Å²) >= 11 is 0. The van der Waals surface area contributed by atoms with Gasteiger partial charge in [0.25, 0.3) is 0 Å². The lowest BCUT2D eigenvalue weighted by atomic mass is 10.1. The fraction of sp³-hybridized carbons (Fsp3) is 0.357. The Balaban J connectivity index is 2.79. The van der Waals surface area contributed by atoms with Crippen molar-refractivity contribution in [3.63, 3.8) is 0 Å². The second-order valence-corrected chi connectivity index (χ2v) is 4.78. The van der Waals surface area contributed by atoms with Gasteiger partial charge in [0.1, 0.15) is 17.5 Å². The van der Waals surface area contributed by atoms with Crippen LogP contribution >= 0.6 is 0 Å². The van der Waals surface area contributed by atoms with E-state index in [2.05, 4.69) is 9.98 Å². The molecule has 0 aliphatic heterocycles. The molecular formula is C14H20N4O4. The van der Waals surface area contributed by atoms with E-state index in [1.165, 1.54) is 18.3 Å². The molecule has 1 atom stereocenters. The second-order valence-electron chi connectivity index (χ2n) is 4.78. The molecule has 120 valence electrons. The number of carboxylic acids is 1. The van der Waals surface area contributed by atoms with Crippen LogP contribution < -0.4 is 11.5 Å². The summed E-state index contributed by atoms with van der Waals surface area (Å²) < 4.78 is 0. The van der Waals surface area contributed by atoms with Crippen LogP contribution in [0.5, 0.6) is 11.5 Å². The van der Waals surface area contributed by atoms with Gasteiger partial charge in [-0.1, -0.05) is 0 Å². The summed E-state index contributed by atoms with van der Waals surface area (Å²) in [5.41, 5.74) is 11.3. The number of aliphatic carboxylic acids is 1. The van der Waals surface area contributed by atoms with Gasteiger partial charge in [0, 0.05) is 24.4 Å². The molecule has 0 aromatic heterocycles. The van der Waals surface area contributed by atoms with Crippen LogP contribution in [0.4, 0.5) is 0 Å². The first-order chi connectivity index (χ1) is 10.3. The number of carboxylic acid groups (broad SMARTS) is 1. The van der Waals surface area contributed by atoms with Crippen molar-refractivity contribution in [2.45, 2.75) is 25.8 Å². The SMILES string of the molecule is Cc1cc(O)cc(O)c1C=NC(CCCN=C(N)N)C(=O)O. The van der Waals surface area contributed by atoms with E-state index in [1.807, 2.05) is 0 Å². The molecule has 1 aromatic carbocycles. The first kappa shape index (κ1) is 17.3. The standard InChI is InChI=1S/C14H20N4O4/c1-8-5-9(19)6-12(20)10(8)7-18-11(13(21)22)3-2-4-17-14(15)16/h5-7,11,19-20H,2-4H2,1H3,(H,21,22)(H4,15,16,17). The monoisotopic (exact) mass is 308 g/mol. The van der Waals surface area contributed by atoms with Gasteiger partial charge in [-0.3, -0.25) is 9.98 Å². The molecule has 0 saturated carbocycles. The highest BCUT2D eigenvalue weighted by Gasteiger charge is 2.15. The highest BCUT2D eigenvalue weighted by Crippen LogP contribution is 2.25. The van der Waals surface area contributed by atoms with Crippen molar-refractivity contribution in [2.24, 2.45) is 21.5 Å². The van der Waals surface area contributed by atoms with E-state index in [0.717, 1.165) is 0 Å². The fourth-order valence-electron chi connectivity index (χ4n) is 1.85. The van der Waals surface area contributed by atoms with Crippen LogP contribution in [0, 0.1) is 6.92 Å². The Labute approximate surface area is 127 Å².